The molecule has 2 N–H and O–H groups in total. The van der Waals surface area contributed by atoms with Crippen molar-refractivity contribution in [3.63, 3.8) is 0 Å². The summed E-state index contributed by atoms with van der Waals surface area (Å²) >= 11 is 0. The van der Waals surface area contributed by atoms with Gasteiger partial charge in [-0.3, -0.25) is 15.5 Å². The molecule has 0 bridgehead atoms. The molecule has 2 aliphatic rings. The van der Waals surface area contributed by atoms with Gasteiger partial charge in [0.05, 0.1) is 24.4 Å². The molecule has 0 saturated carbocycles. The average Bonchev–Trinajstić information content (AvgIpc) is 3.02. The Kier molecular flexibility index (Phi) is 3.61. The second-order valence-electron chi connectivity index (χ2n) is 6.02. The number of fused-ring (bicyclic) bond motifs is 3. The molecule has 0 aliphatic carbocycles. The third-order valence-electron chi connectivity index (χ3n) is 4.65. The number of rotatable bonds is 3. The smallest absolute Gasteiger partial charge is 0.256 e. The van der Waals surface area contributed by atoms with Crippen molar-refractivity contribution in [2.24, 2.45) is 10.7 Å². The number of hydrogen-bond donors (Lipinski definition) is 1. The zero-order valence-corrected chi connectivity index (χ0v) is 13.5. The molecule has 0 unspecified atom stereocenters. The van der Waals surface area contributed by atoms with Gasteiger partial charge >= 0.3 is 0 Å². The van der Waals surface area contributed by atoms with Crippen LogP contribution in [0, 0.1) is 0 Å². The number of aliphatic imine (C=N–C) groups is 1. The number of benzene rings is 2. The molecule has 24 heavy (non-hydrogen) atoms. The Morgan fingerprint density at radius 2 is 2.04 bits per heavy atom. The van der Waals surface area contributed by atoms with Crippen molar-refractivity contribution in [3.8, 4) is 11.5 Å². The number of amides is 1. The standard InChI is InChI=1S/C18H19N3O3/c1-23-16-7-12-6-15-14(5-11(12)8-17(16)24-10-19)18(22)21-4-2-3-13(21)9-20-15/h5-9,13H,2-4,10,19H2,1H3/t13-/m0/s1. The normalized spacial score (nSPS) is 19.2. The van der Waals surface area contributed by atoms with Gasteiger partial charge in [-0.25, -0.2) is 0 Å². The summed E-state index contributed by atoms with van der Waals surface area (Å²) in [5.41, 5.74) is 6.82. The molecule has 6 nitrogen and oxygen atoms in total. The maximum atomic E-state index is 12.9. The van der Waals surface area contributed by atoms with E-state index in [9.17, 15) is 4.79 Å². The highest BCUT2D eigenvalue weighted by Crippen LogP contribution is 2.37. The Balaban J connectivity index is 1.88. The quantitative estimate of drug-likeness (QED) is 0.880. The van der Waals surface area contributed by atoms with Gasteiger partial charge in [0.15, 0.2) is 11.5 Å². The van der Waals surface area contributed by atoms with Crippen LogP contribution in [0.4, 0.5) is 5.69 Å². The van der Waals surface area contributed by atoms with Crippen molar-refractivity contribution in [2.45, 2.75) is 18.9 Å². The van der Waals surface area contributed by atoms with Crippen LogP contribution in [-0.2, 0) is 0 Å². The van der Waals surface area contributed by atoms with Gasteiger partial charge in [0.25, 0.3) is 5.91 Å². The first kappa shape index (κ1) is 15.0. The molecule has 2 heterocycles. The zero-order valence-electron chi connectivity index (χ0n) is 13.5. The van der Waals surface area contributed by atoms with Crippen molar-refractivity contribution < 1.29 is 14.3 Å². The van der Waals surface area contributed by atoms with E-state index in [0.29, 0.717) is 22.7 Å². The van der Waals surface area contributed by atoms with E-state index in [1.807, 2.05) is 35.4 Å². The molecule has 1 saturated heterocycles. The minimum atomic E-state index is 0.0454. The number of nitrogens with zero attached hydrogens (tertiary/aromatic N) is 2. The third kappa shape index (κ3) is 2.30. The van der Waals surface area contributed by atoms with Crippen LogP contribution >= 0.6 is 0 Å². The van der Waals surface area contributed by atoms with Gasteiger partial charge < -0.3 is 14.4 Å². The molecule has 1 atom stereocenters. The van der Waals surface area contributed by atoms with Crippen molar-refractivity contribution in [1.29, 1.82) is 0 Å². The number of carbonyl (C=O) groups is 1. The van der Waals surface area contributed by atoms with Crippen LogP contribution in [0.3, 0.4) is 0 Å². The van der Waals surface area contributed by atoms with Crippen LogP contribution in [0.5, 0.6) is 11.5 Å². The summed E-state index contributed by atoms with van der Waals surface area (Å²) in [4.78, 5) is 19.3. The van der Waals surface area contributed by atoms with E-state index in [1.54, 1.807) is 7.11 Å². The lowest BCUT2D eigenvalue weighted by Crippen LogP contribution is -2.35. The zero-order chi connectivity index (χ0) is 16.7. The second-order valence-corrected chi connectivity index (χ2v) is 6.02. The van der Waals surface area contributed by atoms with Crippen molar-refractivity contribution in [1.82, 2.24) is 4.90 Å². The Hall–Kier alpha value is -2.60. The number of methoxy groups -OCH3 is 1. The predicted molar refractivity (Wildman–Crippen MR) is 92.4 cm³/mol. The molecule has 0 spiro atoms. The van der Waals surface area contributed by atoms with Crippen LogP contribution < -0.4 is 15.2 Å². The highest BCUT2D eigenvalue weighted by Gasteiger charge is 2.31. The first-order valence-corrected chi connectivity index (χ1v) is 8.05. The molecule has 124 valence electrons. The fraction of sp³-hybridized carbons (Fsp3) is 0.333. The highest BCUT2D eigenvalue weighted by atomic mass is 16.5. The topological polar surface area (TPSA) is 77.2 Å². The number of ether oxygens (including phenoxy) is 2. The lowest BCUT2D eigenvalue weighted by atomic mass is 10.0. The van der Waals surface area contributed by atoms with Gasteiger partial charge in [0.2, 0.25) is 0 Å². The number of hydrogen-bond acceptors (Lipinski definition) is 5. The molecule has 1 amide bonds. The lowest BCUT2D eigenvalue weighted by Gasteiger charge is -2.20. The van der Waals surface area contributed by atoms with E-state index in [2.05, 4.69) is 4.99 Å². The van der Waals surface area contributed by atoms with Gasteiger partial charge in [-0.1, -0.05) is 0 Å². The van der Waals surface area contributed by atoms with E-state index in [-0.39, 0.29) is 18.7 Å². The summed E-state index contributed by atoms with van der Waals surface area (Å²) in [6.07, 6.45) is 3.90. The van der Waals surface area contributed by atoms with E-state index in [0.717, 1.165) is 30.2 Å². The van der Waals surface area contributed by atoms with Crippen LogP contribution in [0.1, 0.15) is 23.2 Å². The number of carbonyl (C=O) groups excluding carboxylic acids is 1. The summed E-state index contributed by atoms with van der Waals surface area (Å²) in [6, 6.07) is 7.65. The molecule has 1 fully saturated rings. The monoisotopic (exact) mass is 325 g/mol. The molecule has 6 heteroatoms. The maximum Gasteiger partial charge on any atom is 0.256 e. The predicted octanol–water partition coefficient (Wildman–Crippen LogP) is 2.46. The van der Waals surface area contributed by atoms with Gasteiger partial charge in [-0.15, -0.1) is 0 Å². The first-order valence-electron chi connectivity index (χ1n) is 8.05. The Bertz CT molecular complexity index is 847. The number of nitrogens with two attached hydrogens (primary N) is 1. The Labute approximate surface area is 139 Å². The fourth-order valence-electron chi connectivity index (χ4n) is 3.46. The van der Waals surface area contributed by atoms with Crippen molar-refractivity contribution >= 4 is 28.6 Å². The van der Waals surface area contributed by atoms with Crippen LogP contribution in [0.15, 0.2) is 29.3 Å². The molecular formula is C18H19N3O3. The SMILES string of the molecule is COc1cc2cc3c(cc2cc1OCN)C(=O)N1CCC[C@H]1C=N3. The van der Waals surface area contributed by atoms with Gasteiger partial charge in [0.1, 0.15) is 6.73 Å². The fourth-order valence-corrected chi connectivity index (χ4v) is 3.46. The largest absolute Gasteiger partial charge is 0.493 e. The summed E-state index contributed by atoms with van der Waals surface area (Å²) < 4.78 is 10.8. The Morgan fingerprint density at radius 3 is 2.83 bits per heavy atom. The third-order valence-corrected chi connectivity index (χ3v) is 4.65. The van der Waals surface area contributed by atoms with Crippen molar-refractivity contribution in [3.05, 3.63) is 29.8 Å². The summed E-state index contributed by atoms with van der Waals surface area (Å²) in [5.74, 6) is 1.22. The Morgan fingerprint density at radius 1 is 1.25 bits per heavy atom. The molecule has 2 aromatic rings. The molecule has 0 radical (unpaired) electrons. The molecule has 2 aliphatic heterocycles. The van der Waals surface area contributed by atoms with Crippen LogP contribution in [-0.4, -0.2) is 43.4 Å². The van der Waals surface area contributed by atoms with E-state index >= 15 is 0 Å². The molecular weight excluding hydrogens is 306 g/mol. The van der Waals surface area contributed by atoms with Crippen LogP contribution in [0.2, 0.25) is 0 Å². The minimum absolute atomic E-state index is 0.0454. The lowest BCUT2D eigenvalue weighted by molar-refractivity contribution is 0.0775. The molecule has 4 rings (SSSR count). The summed E-state index contributed by atoms with van der Waals surface area (Å²) in [5, 5.41) is 1.85. The van der Waals surface area contributed by atoms with E-state index < -0.39 is 0 Å². The highest BCUT2D eigenvalue weighted by molar-refractivity contribution is 6.07. The van der Waals surface area contributed by atoms with Gasteiger partial charge in [0, 0.05) is 12.8 Å². The molecule has 2 aromatic carbocycles. The summed E-state index contributed by atoms with van der Waals surface area (Å²) in [7, 11) is 1.59. The van der Waals surface area contributed by atoms with Gasteiger partial charge in [-0.05, 0) is 47.9 Å². The maximum absolute atomic E-state index is 12.9. The van der Waals surface area contributed by atoms with Gasteiger partial charge in [-0.2, -0.15) is 0 Å². The minimum Gasteiger partial charge on any atom is -0.493 e. The van der Waals surface area contributed by atoms with E-state index in [4.69, 9.17) is 15.2 Å². The van der Waals surface area contributed by atoms with Crippen LogP contribution in [0.25, 0.3) is 10.8 Å². The average molecular weight is 325 g/mol. The van der Waals surface area contributed by atoms with E-state index in [1.165, 1.54) is 0 Å². The molecule has 0 aromatic heterocycles. The van der Waals surface area contributed by atoms with Crippen molar-refractivity contribution in [2.75, 3.05) is 20.4 Å². The first-order chi connectivity index (χ1) is 11.7. The second kappa shape index (κ2) is 5.79. The summed E-state index contributed by atoms with van der Waals surface area (Å²) in [6.45, 7) is 0.850.